The summed E-state index contributed by atoms with van der Waals surface area (Å²) in [4.78, 5) is 23.9. The Morgan fingerprint density at radius 1 is 1.28 bits per heavy atom. The molecule has 0 aromatic rings. The minimum absolute atomic E-state index is 0.0596. The third-order valence-electron chi connectivity index (χ3n) is 2.30. The molecule has 2 amide bonds. The van der Waals surface area contributed by atoms with Crippen LogP contribution in [0.3, 0.4) is 0 Å². The molecule has 106 valence electrons. The molecule has 3 N–H and O–H groups in total. The second kappa shape index (κ2) is 8.74. The van der Waals surface area contributed by atoms with Crippen LogP contribution >= 0.6 is 0 Å². The van der Waals surface area contributed by atoms with Crippen molar-refractivity contribution in [2.24, 2.45) is 5.92 Å². The Labute approximate surface area is 109 Å². The van der Waals surface area contributed by atoms with Gasteiger partial charge in [0.05, 0.1) is 6.42 Å². The van der Waals surface area contributed by atoms with Gasteiger partial charge in [0, 0.05) is 19.1 Å². The number of likely N-dealkylation sites (N-methyl/N-ethyl adjacent to an activating group) is 1. The number of hydrogen-bond donors (Lipinski definition) is 3. The van der Waals surface area contributed by atoms with Crippen molar-refractivity contribution in [2.75, 3.05) is 27.2 Å². The van der Waals surface area contributed by atoms with E-state index >= 15 is 0 Å². The van der Waals surface area contributed by atoms with Gasteiger partial charge in [-0.1, -0.05) is 13.8 Å². The van der Waals surface area contributed by atoms with Gasteiger partial charge in [-0.15, -0.1) is 0 Å². The first kappa shape index (κ1) is 16.7. The standard InChI is InChI=1S/C12H25N3O3/c1-9(2)7-10(8-15(3)4)14-12(18)13-6-5-11(16)17/h9-10H,5-8H2,1-4H3,(H,16,17)(H2,13,14,18). The molecule has 18 heavy (non-hydrogen) atoms. The summed E-state index contributed by atoms with van der Waals surface area (Å²) in [5, 5.41) is 13.9. The molecule has 0 saturated heterocycles. The van der Waals surface area contributed by atoms with Gasteiger partial charge in [0.25, 0.3) is 0 Å². The van der Waals surface area contributed by atoms with E-state index in [0.29, 0.717) is 5.92 Å². The molecule has 0 rings (SSSR count). The van der Waals surface area contributed by atoms with Crippen molar-refractivity contribution in [3.05, 3.63) is 0 Å². The van der Waals surface area contributed by atoms with Gasteiger partial charge in [-0.2, -0.15) is 0 Å². The van der Waals surface area contributed by atoms with Crippen molar-refractivity contribution in [2.45, 2.75) is 32.7 Å². The summed E-state index contributed by atoms with van der Waals surface area (Å²) in [6.07, 6.45) is 0.834. The zero-order valence-corrected chi connectivity index (χ0v) is 11.7. The van der Waals surface area contributed by atoms with Crippen molar-refractivity contribution >= 4 is 12.0 Å². The van der Waals surface area contributed by atoms with E-state index in [1.54, 1.807) is 0 Å². The minimum atomic E-state index is -0.915. The number of rotatable bonds is 8. The number of carbonyl (C=O) groups is 2. The fourth-order valence-electron chi connectivity index (χ4n) is 1.71. The maximum atomic E-state index is 11.6. The fourth-order valence-corrected chi connectivity index (χ4v) is 1.71. The number of carboxylic acid groups (broad SMARTS) is 1. The lowest BCUT2D eigenvalue weighted by atomic mass is 10.0. The number of nitrogens with one attached hydrogen (secondary N) is 2. The predicted octanol–water partition coefficient (Wildman–Crippen LogP) is 0.737. The Kier molecular flexibility index (Phi) is 8.11. The number of carboxylic acids is 1. The second-order valence-corrected chi connectivity index (χ2v) is 5.13. The molecule has 1 unspecified atom stereocenters. The number of urea groups is 1. The average Bonchev–Trinajstić information content (AvgIpc) is 2.13. The highest BCUT2D eigenvalue weighted by molar-refractivity contribution is 5.75. The molecular weight excluding hydrogens is 234 g/mol. The molecule has 0 radical (unpaired) electrons. The normalized spacial score (nSPS) is 12.6. The molecule has 0 bridgehead atoms. The van der Waals surface area contributed by atoms with E-state index in [0.717, 1.165) is 13.0 Å². The van der Waals surface area contributed by atoms with Gasteiger partial charge < -0.3 is 20.6 Å². The maximum Gasteiger partial charge on any atom is 0.315 e. The van der Waals surface area contributed by atoms with E-state index in [2.05, 4.69) is 24.5 Å². The highest BCUT2D eigenvalue weighted by Crippen LogP contribution is 2.05. The van der Waals surface area contributed by atoms with E-state index in [4.69, 9.17) is 5.11 Å². The number of nitrogens with zero attached hydrogens (tertiary/aromatic N) is 1. The third kappa shape index (κ3) is 9.89. The Balaban J connectivity index is 4.05. The van der Waals surface area contributed by atoms with Crippen LogP contribution in [0.25, 0.3) is 0 Å². The molecule has 0 aliphatic rings. The van der Waals surface area contributed by atoms with Crippen LogP contribution in [0.2, 0.25) is 0 Å². The van der Waals surface area contributed by atoms with Crippen LogP contribution in [0.1, 0.15) is 26.7 Å². The first-order valence-corrected chi connectivity index (χ1v) is 6.22. The molecule has 0 aromatic carbocycles. The molecular formula is C12H25N3O3. The number of hydrogen-bond acceptors (Lipinski definition) is 3. The molecule has 6 heteroatoms. The Bertz CT molecular complexity index is 257. The van der Waals surface area contributed by atoms with Crippen LogP contribution < -0.4 is 10.6 Å². The van der Waals surface area contributed by atoms with Crippen molar-refractivity contribution in [3.8, 4) is 0 Å². The zero-order valence-electron chi connectivity index (χ0n) is 11.7. The van der Waals surface area contributed by atoms with Crippen LogP contribution in [-0.4, -0.2) is 55.2 Å². The lowest BCUT2D eigenvalue weighted by molar-refractivity contribution is -0.136. The first-order chi connectivity index (χ1) is 8.31. The van der Waals surface area contributed by atoms with E-state index in [1.165, 1.54) is 0 Å². The molecule has 6 nitrogen and oxygen atoms in total. The Morgan fingerprint density at radius 2 is 1.89 bits per heavy atom. The molecule has 1 atom stereocenters. The Morgan fingerprint density at radius 3 is 2.33 bits per heavy atom. The second-order valence-electron chi connectivity index (χ2n) is 5.13. The first-order valence-electron chi connectivity index (χ1n) is 6.22. The summed E-state index contributed by atoms with van der Waals surface area (Å²) < 4.78 is 0. The summed E-state index contributed by atoms with van der Waals surface area (Å²) in [7, 11) is 3.91. The minimum Gasteiger partial charge on any atom is -0.481 e. The third-order valence-corrected chi connectivity index (χ3v) is 2.30. The van der Waals surface area contributed by atoms with Crippen molar-refractivity contribution in [3.63, 3.8) is 0 Å². The molecule has 0 aliphatic carbocycles. The fraction of sp³-hybridized carbons (Fsp3) is 0.833. The zero-order chi connectivity index (χ0) is 14.1. The van der Waals surface area contributed by atoms with Crippen LogP contribution in [0.15, 0.2) is 0 Å². The summed E-state index contributed by atoms with van der Waals surface area (Å²) >= 11 is 0. The molecule has 0 aliphatic heterocycles. The monoisotopic (exact) mass is 259 g/mol. The van der Waals surface area contributed by atoms with Crippen LogP contribution in [0.4, 0.5) is 4.79 Å². The highest BCUT2D eigenvalue weighted by atomic mass is 16.4. The van der Waals surface area contributed by atoms with Crippen LogP contribution in [0.5, 0.6) is 0 Å². The smallest absolute Gasteiger partial charge is 0.315 e. The largest absolute Gasteiger partial charge is 0.481 e. The van der Waals surface area contributed by atoms with E-state index in [-0.39, 0.29) is 25.0 Å². The Hall–Kier alpha value is -1.30. The van der Waals surface area contributed by atoms with Gasteiger partial charge in [0.15, 0.2) is 0 Å². The van der Waals surface area contributed by atoms with Gasteiger partial charge in [0.1, 0.15) is 0 Å². The predicted molar refractivity (Wildman–Crippen MR) is 70.6 cm³/mol. The van der Waals surface area contributed by atoms with Gasteiger partial charge in [0.2, 0.25) is 0 Å². The lowest BCUT2D eigenvalue weighted by Crippen LogP contribution is -2.47. The molecule has 0 spiro atoms. The average molecular weight is 259 g/mol. The summed E-state index contributed by atoms with van der Waals surface area (Å²) in [6, 6.07) is -0.228. The molecule has 0 fully saturated rings. The SMILES string of the molecule is CC(C)CC(CN(C)C)NC(=O)NCCC(=O)O. The lowest BCUT2D eigenvalue weighted by Gasteiger charge is -2.24. The van der Waals surface area contributed by atoms with Gasteiger partial charge in [-0.05, 0) is 26.4 Å². The summed E-state index contributed by atoms with van der Waals surface area (Å²) in [5.41, 5.74) is 0. The molecule has 0 saturated carbocycles. The molecule has 0 heterocycles. The van der Waals surface area contributed by atoms with E-state index in [1.807, 2.05) is 19.0 Å². The number of amides is 2. The van der Waals surface area contributed by atoms with Gasteiger partial charge in [-0.25, -0.2) is 4.79 Å². The summed E-state index contributed by atoms with van der Waals surface area (Å²) in [5.74, 6) is -0.420. The van der Waals surface area contributed by atoms with Gasteiger partial charge in [-0.3, -0.25) is 4.79 Å². The highest BCUT2D eigenvalue weighted by Gasteiger charge is 2.14. The number of aliphatic carboxylic acids is 1. The van der Waals surface area contributed by atoms with E-state index < -0.39 is 5.97 Å². The van der Waals surface area contributed by atoms with E-state index in [9.17, 15) is 9.59 Å². The van der Waals surface area contributed by atoms with Crippen LogP contribution in [0, 0.1) is 5.92 Å². The quantitative estimate of drug-likeness (QED) is 0.600. The van der Waals surface area contributed by atoms with Gasteiger partial charge >= 0.3 is 12.0 Å². The summed E-state index contributed by atoms with van der Waals surface area (Å²) in [6.45, 7) is 5.13. The van der Waals surface area contributed by atoms with Crippen molar-refractivity contribution < 1.29 is 14.7 Å². The maximum absolute atomic E-state index is 11.6. The molecule has 0 aromatic heterocycles. The van der Waals surface area contributed by atoms with Crippen LogP contribution in [-0.2, 0) is 4.79 Å². The number of carbonyl (C=O) groups excluding carboxylic acids is 1. The topological polar surface area (TPSA) is 81.7 Å². The van der Waals surface area contributed by atoms with Crippen molar-refractivity contribution in [1.82, 2.24) is 15.5 Å². The van der Waals surface area contributed by atoms with Crippen molar-refractivity contribution in [1.29, 1.82) is 0 Å².